The van der Waals surface area contributed by atoms with Crippen molar-refractivity contribution in [2.24, 2.45) is 5.41 Å². The van der Waals surface area contributed by atoms with Gasteiger partial charge in [-0.2, -0.15) is 0 Å². The molecule has 182 valence electrons. The molecule has 0 saturated carbocycles. The summed E-state index contributed by atoms with van der Waals surface area (Å²) in [6.45, 7) is 9.88. The van der Waals surface area contributed by atoms with E-state index in [2.05, 4.69) is 40.0 Å². The number of halogens is 2. The fourth-order valence-corrected chi connectivity index (χ4v) is 4.83. The van der Waals surface area contributed by atoms with E-state index < -0.39 is 18.1 Å². The zero-order valence-corrected chi connectivity index (χ0v) is 21.4. The Morgan fingerprint density at radius 2 is 1.85 bits per heavy atom. The Kier molecular flexibility index (Phi) is 6.77. The van der Waals surface area contributed by atoms with E-state index in [9.17, 15) is 19.4 Å². The molecule has 1 saturated heterocycles. The number of anilines is 2. The van der Waals surface area contributed by atoms with Crippen LogP contribution in [0, 0.1) is 18.2 Å². The first kappa shape index (κ1) is 24.7. The molecule has 0 amide bonds. The van der Waals surface area contributed by atoms with Gasteiger partial charge in [0.25, 0.3) is 0 Å². The van der Waals surface area contributed by atoms with Gasteiger partial charge < -0.3 is 24.8 Å². The average molecular weight is 533 g/mol. The first-order valence-corrected chi connectivity index (χ1v) is 12.2. The van der Waals surface area contributed by atoms with Crippen molar-refractivity contribution in [1.82, 2.24) is 0 Å². The highest BCUT2D eigenvalue weighted by atomic mass is 79.9. The van der Waals surface area contributed by atoms with Crippen LogP contribution < -0.4 is 15.6 Å². The predicted octanol–water partition coefficient (Wildman–Crippen LogP) is 5.79. The SMILES string of the molecule is Cc1cc([C@@H](C)Nc2ccc(Br)c(F)c2C(O)O)c2oc(N3CCC(C)(C)CC3)cc(=O)c2c1. The minimum Gasteiger partial charge on any atom is -0.440 e. The molecule has 2 heterocycles. The van der Waals surface area contributed by atoms with Crippen LogP contribution >= 0.6 is 15.9 Å². The smallest absolute Gasteiger partial charge is 0.200 e. The molecule has 0 bridgehead atoms. The Morgan fingerprint density at radius 1 is 1.18 bits per heavy atom. The quantitative estimate of drug-likeness (QED) is 0.361. The summed E-state index contributed by atoms with van der Waals surface area (Å²) in [5, 5.41) is 23.2. The largest absolute Gasteiger partial charge is 0.440 e. The van der Waals surface area contributed by atoms with E-state index in [1.807, 2.05) is 26.0 Å². The first-order valence-electron chi connectivity index (χ1n) is 11.4. The van der Waals surface area contributed by atoms with Gasteiger partial charge in [0, 0.05) is 30.4 Å². The van der Waals surface area contributed by atoms with E-state index >= 15 is 0 Å². The molecule has 0 radical (unpaired) electrons. The van der Waals surface area contributed by atoms with Gasteiger partial charge in [-0.05, 0) is 71.8 Å². The summed E-state index contributed by atoms with van der Waals surface area (Å²) in [6.07, 6.45) is 0.0262. The third-order valence-electron chi connectivity index (χ3n) is 6.65. The van der Waals surface area contributed by atoms with E-state index in [0.717, 1.165) is 37.1 Å². The average Bonchev–Trinajstić information content (AvgIpc) is 2.76. The number of aliphatic hydroxyl groups is 2. The highest BCUT2D eigenvalue weighted by molar-refractivity contribution is 9.10. The fourth-order valence-electron chi connectivity index (χ4n) is 4.49. The Bertz CT molecular complexity index is 1280. The second-order valence-corrected chi connectivity index (χ2v) is 10.7. The molecule has 34 heavy (non-hydrogen) atoms. The molecule has 0 unspecified atom stereocenters. The van der Waals surface area contributed by atoms with Gasteiger partial charge in [0.1, 0.15) is 11.4 Å². The Balaban J connectivity index is 1.76. The summed E-state index contributed by atoms with van der Waals surface area (Å²) in [5.74, 6) is -0.199. The molecular weight excluding hydrogens is 503 g/mol. The Labute approximate surface area is 206 Å². The molecule has 1 aliphatic heterocycles. The Hall–Kier alpha value is -2.42. The standard InChI is InChI=1S/C26H30BrFN2O4/c1-14-11-16(15(2)29-19-6-5-18(27)23(28)22(19)25(32)33)24-17(12-14)20(31)13-21(34-24)30-9-7-26(3,4)8-10-30/h5-6,11-13,15,25,29,32-33H,7-10H2,1-4H3/t15-/m1/s1. The van der Waals surface area contributed by atoms with Gasteiger partial charge in [-0.3, -0.25) is 4.79 Å². The van der Waals surface area contributed by atoms with Gasteiger partial charge in [-0.1, -0.05) is 19.9 Å². The normalized spacial score (nSPS) is 16.8. The van der Waals surface area contributed by atoms with Crippen LogP contribution in [0.4, 0.5) is 16.0 Å². The van der Waals surface area contributed by atoms with Crippen molar-refractivity contribution in [1.29, 1.82) is 0 Å². The van der Waals surface area contributed by atoms with E-state index in [0.29, 0.717) is 16.9 Å². The summed E-state index contributed by atoms with van der Waals surface area (Å²) in [5.41, 5.74) is 2.24. The number of rotatable bonds is 5. The van der Waals surface area contributed by atoms with Gasteiger partial charge in [-0.25, -0.2) is 4.39 Å². The maximum absolute atomic E-state index is 14.6. The number of aryl methyl sites for hydroxylation is 1. The molecule has 1 atom stereocenters. The van der Waals surface area contributed by atoms with Crippen LogP contribution in [0.25, 0.3) is 11.0 Å². The van der Waals surface area contributed by atoms with Gasteiger partial charge in [0.2, 0.25) is 0 Å². The Morgan fingerprint density at radius 3 is 2.50 bits per heavy atom. The molecule has 2 aromatic carbocycles. The van der Waals surface area contributed by atoms with Crippen molar-refractivity contribution in [2.45, 2.75) is 52.9 Å². The van der Waals surface area contributed by atoms with Crippen molar-refractivity contribution >= 4 is 38.5 Å². The molecular formula is C26H30BrFN2O4. The molecule has 0 spiro atoms. The van der Waals surface area contributed by atoms with Crippen molar-refractivity contribution in [3.05, 3.63) is 67.5 Å². The number of hydrogen-bond donors (Lipinski definition) is 3. The lowest BCUT2D eigenvalue weighted by Gasteiger charge is -2.37. The van der Waals surface area contributed by atoms with E-state index in [4.69, 9.17) is 4.42 Å². The summed E-state index contributed by atoms with van der Waals surface area (Å²) in [7, 11) is 0. The minimum atomic E-state index is -1.99. The lowest BCUT2D eigenvalue weighted by atomic mass is 9.83. The number of hydrogen-bond acceptors (Lipinski definition) is 6. The van der Waals surface area contributed by atoms with Crippen LogP contribution in [0.15, 0.2) is 44.0 Å². The van der Waals surface area contributed by atoms with Crippen molar-refractivity contribution in [3.63, 3.8) is 0 Å². The van der Waals surface area contributed by atoms with Crippen LogP contribution in [0.2, 0.25) is 0 Å². The van der Waals surface area contributed by atoms with Crippen LogP contribution in [0.5, 0.6) is 0 Å². The highest BCUT2D eigenvalue weighted by Gasteiger charge is 2.27. The molecule has 1 fully saturated rings. The molecule has 8 heteroatoms. The minimum absolute atomic E-state index is 0.112. The number of piperidine rings is 1. The number of aliphatic hydroxyl groups excluding tert-OH is 1. The second kappa shape index (κ2) is 9.32. The van der Waals surface area contributed by atoms with Crippen molar-refractivity contribution in [3.8, 4) is 0 Å². The van der Waals surface area contributed by atoms with Crippen molar-refractivity contribution in [2.75, 3.05) is 23.3 Å². The van der Waals surface area contributed by atoms with Gasteiger partial charge >= 0.3 is 0 Å². The van der Waals surface area contributed by atoms with Gasteiger partial charge in [0.05, 0.1) is 21.5 Å². The number of benzene rings is 2. The van der Waals surface area contributed by atoms with Crippen LogP contribution in [0.3, 0.4) is 0 Å². The van der Waals surface area contributed by atoms with Crippen molar-refractivity contribution < 1.29 is 19.0 Å². The van der Waals surface area contributed by atoms with E-state index in [-0.39, 0.29) is 26.6 Å². The van der Waals surface area contributed by atoms with E-state index in [1.165, 1.54) is 6.07 Å². The third-order valence-corrected chi connectivity index (χ3v) is 7.26. The zero-order valence-electron chi connectivity index (χ0n) is 19.8. The molecule has 6 nitrogen and oxygen atoms in total. The topological polar surface area (TPSA) is 85.9 Å². The molecule has 3 N–H and O–H groups in total. The van der Waals surface area contributed by atoms with Gasteiger partial charge in [-0.15, -0.1) is 0 Å². The second-order valence-electron chi connectivity index (χ2n) is 9.89. The maximum Gasteiger partial charge on any atom is 0.200 e. The number of fused-ring (bicyclic) bond motifs is 1. The summed E-state index contributed by atoms with van der Waals surface area (Å²) in [4.78, 5) is 15.2. The fraction of sp³-hybridized carbons (Fsp3) is 0.423. The molecule has 1 aliphatic rings. The number of nitrogens with one attached hydrogen (secondary N) is 1. The summed E-state index contributed by atoms with van der Waals surface area (Å²) >= 11 is 3.08. The van der Waals surface area contributed by atoms with Crippen LogP contribution in [-0.2, 0) is 0 Å². The van der Waals surface area contributed by atoms with E-state index in [1.54, 1.807) is 12.1 Å². The van der Waals surface area contributed by atoms with Gasteiger partial charge in [0.15, 0.2) is 17.6 Å². The summed E-state index contributed by atoms with van der Waals surface area (Å²) in [6, 6.07) is 7.96. The first-order chi connectivity index (χ1) is 16.0. The van der Waals surface area contributed by atoms with Crippen LogP contribution in [0.1, 0.15) is 62.6 Å². The lowest BCUT2D eigenvalue weighted by molar-refractivity contribution is -0.0444. The highest BCUT2D eigenvalue weighted by Crippen LogP contribution is 2.36. The molecule has 4 rings (SSSR count). The molecule has 1 aromatic heterocycles. The zero-order chi connectivity index (χ0) is 24.8. The number of nitrogens with zero attached hydrogens (tertiary/aromatic N) is 1. The maximum atomic E-state index is 14.6. The lowest BCUT2D eigenvalue weighted by Crippen LogP contribution is -2.37. The predicted molar refractivity (Wildman–Crippen MR) is 136 cm³/mol. The monoisotopic (exact) mass is 532 g/mol. The molecule has 3 aromatic rings. The third kappa shape index (κ3) is 4.85. The van der Waals surface area contributed by atoms with Crippen LogP contribution in [-0.4, -0.2) is 23.3 Å². The summed E-state index contributed by atoms with van der Waals surface area (Å²) < 4.78 is 21.0. The molecule has 0 aliphatic carbocycles.